The van der Waals surface area contributed by atoms with E-state index in [1.54, 1.807) is 23.9 Å². The van der Waals surface area contributed by atoms with Gasteiger partial charge >= 0.3 is 0 Å². The van der Waals surface area contributed by atoms with Crippen molar-refractivity contribution in [3.05, 3.63) is 76.8 Å². The van der Waals surface area contributed by atoms with E-state index in [1.807, 2.05) is 44.2 Å². The molecule has 33 heavy (non-hydrogen) atoms. The number of hydrogen-bond donors (Lipinski definition) is 2. The van der Waals surface area contributed by atoms with Gasteiger partial charge in [0.1, 0.15) is 5.92 Å². The van der Waals surface area contributed by atoms with Gasteiger partial charge in [-0.05, 0) is 61.4 Å². The zero-order valence-electron chi connectivity index (χ0n) is 17.9. The number of hydrogen-bond acceptors (Lipinski definition) is 6. The minimum atomic E-state index is -3.74. The van der Waals surface area contributed by atoms with Crippen molar-refractivity contribution in [2.24, 2.45) is 4.99 Å². The maximum Gasteiger partial charge on any atom is 0.261 e. The fourth-order valence-electron chi connectivity index (χ4n) is 3.89. The molecule has 0 saturated heterocycles. The number of nitrogens with zero attached hydrogens (tertiary/aromatic N) is 2. The molecule has 7 nitrogen and oxygen atoms in total. The lowest BCUT2D eigenvalue weighted by Gasteiger charge is -2.13. The topological polar surface area (TPSA) is 101 Å². The minimum absolute atomic E-state index is 0.138. The fourth-order valence-corrected chi connectivity index (χ4v) is 5.97. The van der Waals surface area contributed by atoms with Crippen LogP contribution >= 0.6 is 11.3 Å². The monoisotopic (exact) mass is 476 g/mol. The van der Waals surface area contributed by atoms with Gasteiger partial charge in [-0.25, -0.2) is 13.4 Å². The Morgan fingerprint density at radius 2 is 1.79 bits per heavy atom. The maximum atomic E-state index is 12.9. The fraction of sp³-hybridized carbons (Fsp3) is 0.125. The van der Waals surface area contributed by atoms with Gasteiger partial charge in [0.15, 0.2) is 0 Å². The number of sulfonamides is 1. The van der Waals surface area contributed by atoms with Crippen LogP contribution in [0.2, 0.25) is 0 Å². The van der Waals surface area contributed by atoms with Gasteiger partial charge in [0.05, 0.1) is 32.0 Å². The molecule has 0 radical (unpaired) electrons. The summed E-state index contributed by atoms with van der Waals surface area (Å²) in [5.41, 5.74) is 7.09. The minimum Gasteiger partial charge on any atom is -0.325 e. The molecule has 1 amide bonds. The molecule has 1 atom stereocenters. The number of fused-ring (bicyclic) bond motifs is 3. The molecule has 1 aromatic heterocycles. The summed E-state index contributed by atoms with van der Waals surface area (Å²) in [5, 5.41) is 2.89. The number of rotatable bonds is 5. The largest absolute Gasteiger partial charge is 0.325 e. The van der Waals surface area contributed by atoms with Crippen LogP contribution in [0.5, 0.6) is 0 Å². The molecule has 4 aromatic rings. The van der Waals surface area contributed by atoms with Crippen molar-refractivity contribution in [2.75, 3.05) is 10.0 Å². The van der Waals surface area contributed by atoms with Crippen LogP contribution in [0.15, 0.2) is 70.0 Å². The molecule has 0 fully saturated rings. The lowest BCUT2D eigenvalue weighted by molar-refractivity contribution is -0.115. The van der Waals surface area contributed by atoms with Crippen LogP contribution in [0.25, 0.3) is 10.2 Å². The number of carbonyl (C=O) groups is 1. The highest BCUT2D eigenvalue weighted by Gasteiger charge is 2.31. The summed E-state index contributed by atoms with van der Waals surface area (Å²) in [7, 11) is -3.74. The van der Waals surface area contributed by atoms with Crippen molar-refractivity contribution in [1.82, 2.24) is 4.98 Å². The van der Waals surface area contributed by atoms with Crippen LogP contribution in [-0.4, -0.2) is 25.5 Å². The van der Waals surface area contributed by atoms with Crippen LogP contribution < -0.4 is 10.0 Å². The van der Waals surface area contributed by atoms with E-state index in [2.05, 4.69) is 20.0 Å². The Labute approximate surface area is 195 Å². The molecule has 0 aliphatic carbocycles. The SMILES string of the molecule is Cc1cccc(C)c1NS(=O)(=O)c1ccc(N=CC2C(=O)Nc3ccc4ncsc4c32)cc1. The summed E-state index contributed by atoms with van der Waals surface area (Å²) in [5.74, 6) is -0.676. The van der Waals surface area contributed by atoms with E-state index >= 15 is 0 Å². The Balaban J connectivity index is 1.39. The first-order valence-electron chi connectivity index (χ1n) is 10.2. The molecule has 2 heterocycles. The normalized spacial score (nSPS) is 15.7. The smallest absolute Gasteiger partial charge is 0.261 e. The molecule has 166 valence electrons. The van der Waals surface area contributed by atoms with E-state index in [1.165, 1.54) is 23.5 Å². The number of aromatic nitrogens is 1. The molecular weight excluding hydrogens is 456 g/mol. The van der Waals surface area contributed by atoms with Crippen LogP contribution in [0, 0.1) is 13.8 Å². The summed E-state index contributed by atoms with van der Waals surface area (Å²) < 4.78 is 29.3. The van der Waals surface area contributed by atoms with Crippen LogP contribution in [-0.2, 0) is 14.8 Å². The van der Waals surface area contributed by atoms with E-state index in [-0.39, 0.29) is 10.8 Å². The zero-order valence-corrected chi connectivity index (χ0v) is 19.5. The van der Waals surface area contributed by atoms with Crippen LogP contribution in [0.4, 0.5) is 17.1 Å². The third-order valence-electron chi connectivity index (χ3n) is 5.63. The average molecular weight is 477 g/mol. The van der Waals surface area contributed by atoms with Crippen LogP contribution in [0.3, 0.4) is 0 Å². The summed E-state index contributed by atoms with van der Waals surface area (Å²) in [6.07, 6.45) is 1.60. The molecule has 3 aromatic carbocycles. The van der Waals surface area contributed by atoms with Crippen molar-refractivity contribution < 1.29 is 13.2 Å². The lowest BCUT2D eigenvalue weighted by Crippen LogP contribution is -2.14. The van der Waals surface area contributed by atoms with E-state index in [0.29, 0.717) is 11.4 Å². The molecule has 1 aliphatic rings. The van der Waals surface area contributed by atoms with Gasteiger partial charge in [-0.15, -0.1) is 11.3 Å². The highest BCUT2D eigenvalue weighted by molar-refractivity contribution is 7.92. The first kappa shape index (κ1) is 21.3. The number of amides is 1. The number of thiazole rings is 1. The van der Waals surface area contributed by atoms with Crippen molar-refractivity contribution in [2.45, 2.75) is 24.7 Å². The van der Waals surface area contributed by atoms with Crippen LogP contribution in [0.1, 0.15) is 22.6 Å². The predicted molar refractivity (Wildman–Crippen MR) is 132 cm³/mol. The molecule has 5 rings (SSSR count). The molecular formula is C24H20N4O3S2. The highest BCUT2D eigenvalue weighted by Crippen LogP contribution is 2.39. The number of para-hydroxylation sites is 1. The van der Waals surface area contributed by atoms with E-state index < -0.39 is 15.9 Å². The maximum absolute atomic E-state index is 12.9. The molecule has 0 bridgehead atoms. The first-order valence-corrected chi connectivity index (χ1v) is 12.6. The van der Waals surface area contributed by atoms with Gasteiger partial charge in [0.25, 0.3) is 10.0 Å². The molecule has 2 N–H and O–H groups in total. The van der Waals surface area contributed by atoms with Crippen molar-refractivity contribution in [3.63, 3.8) is 0 Å². The standard InChI is InChI=1S/C24H20N4O3S2/c1-14-4-3-5-15(2)22(14)28-33(30,31)17-8-6-16(7-9-17)25-12-18-21-19(27-24(18)29)10-11-20-23(21)32-13-26-20/h3-13,18,28H,1-2H3,(H,27,29). The van der Waals surface area contributed by atoms with Crippen molar-refractivity contribution in [3.8, 4) is 0 Å². The Morgan fingerprint density at radius 3 is 2.52 bits per heavy atom. The lowest BCUT2D eigenvalue weighted by atomic mass is 10.0. The van der Waals surface area contributed by atoms with Crippen molar-refractivity contribution in [1.29, 1.82) is 0 Å². The van der Waals surface area contributed by atoms with Gasteiger partial charge in [-0.2, -0.15) is 0 Å². The molecule has 0 saturated carbocycles. The summed E-state index contributed by atoms with van der Waals surface area (Å²) in [6, 6.07) is 15.6. The number of benzene rings is 3. The van der Waals surface area contributed by atoms with E-state index in [4.69, 9.17) is 0 Å². The summed E-state index contributed by atoms with van der Waals surface area (Å²) >= 11 is 1.49. The van der Waals surface area contributed by atoms with Crippen molar-refractivity contribution >= 4 is 60.8 Å². The zero-order chi connectivity index (χ0) is 23.2. The van der Waals surface area contributed by atoms with Gasteiger partial charge in [0, 0.05) is 17.5 Å². The Bertz CT molecular complexity index is 1500. The molecule has 9 heteroatoms. The van der Waals surface area contributed by atoms with E-state index in [9.17, 15) is 13.2 Å². The molecule has 0 spiro atoms. The number of aryl methyl sites for hydroxylation is 2. The first-order chi connectivity index (χ1) is 15.8. The second-order valence-corrected chi connectivity index (χ2v) is 10.4. The summed E-state index contributed by atoms with van der Waals surface area (Å²) in [6.45, 7) is 3.72. The average Bonchev–Trinajstić information content (AvgIpc) is 3.38. The van der Waals surface area contributed by atoms with Gasteiger partial charge < -0.3 is 5.32 Å². The van der Waals surface area contributed by atoms with E-state index in [0.717, 1.165) is 32.6 Å². The second-order valence-electron chi connectivity index (χ2n) is 7.84. The predicted octanol–water partition coefficient (Wildman–Crippen LogP) is 5.15. The number of aliphatic imine (C=N–C) groups is 1. The number of nitrogens with one attached hydrogen (secondary N) is 2. The number of carbonyl (C=O) groups excluding carboxylic acids is 1. The molecule has 1 aliphatic heterocycles. The second kappa shape index (κ2) is 8.09. The third kappa shape index (κ3) is 3.90. The Morgan fingerprint density at radius 1 is 1.06 bits per heavy atom. The molecule has 1 unspecified atom stereocenters. The van der Waals surface area contributed by atoms with Gasteiger partial charge in [0.2, 0.25) is 5.91 Å². The Kier molecular flexibility index (Phi) is 5.22. The summed E-state index contributed by atoms with van der Waals surface area (Å²) in [4.78, 5) is 21.4. The van der Waals surface area contributed by atoms with Gasteiger partial charge in [-0.3, -0.25) is 14.5 Å². The highest BCUT2D eigenvalue weighted by atomic mass is 32.2. The van der Waals surface area contributed by atoms with Gasteiger partial charge in [-0.1, -0.05) is 18.2 Å². The third-order valence-corrected chi connectivity index (χ3v) is 7.87. The quantitative estimate of drug-likeness (QED) is 0.389. The number of anilines is 2. The Hall–Kier alpha value is -3.56.